The molecule has 1 aliphatic rings. The molecule has 1 fully saturated rings. The average molecular weight is 279 g/mol. The molecule has 0 spiro atoms. The van der Waals surface area contributed by atoms with Gasteiger partial charge in [0, 0.05) is 12.6 Å². The largest absolute Gasteiger partial charge is 0.487 e. The van der Waals surface area contributed by atoms with E-state index in [0.29, 0.717) is 30.6 Å². The number of nitrogens with one attached hydrogen (secondary N) is 1. The normalized spacial score (nSPS) is 19.0. The molecule has 1 unspecified atom stereocenters. The first-order valence-electron chi connectivity index (χ1n) is 6.97. The van der Waals surface area contributed by atoms with Crippen LogP contribution in [-0.2, 0) is 0 Å². The number of benzene rings is 1. The van der Waals surface area contributed by atoms with Gasteiger partial charge in [-0.3, -0.25) is 10.1 Å². The number of nitro groups is 1. The van der Waals surface area contributed by atoms with Gasteiger partial charge in [-0.25, -0.2) is 0 Å². The summed E-state index contributed by atoms with van der Waals surface area (Å²) in [5.74, 6) is 0.322. The average Bonchev–Trinajstić information content (AvgIpc) is 2.82. The topological polar surface area (TPSA) is 67.6 Å². The van der Waals surface area contributed by atoms with E-state index in [0.717, 1.165) is 13.0 Å². The highest BCUT2D eigenvalue weighted by Gasteiger charge is 2.24. The van der Waals surface area contributed by atoms with E-state index >= 15 is 0 Å². The minimum Gasteiger partial charge on any atom is -0.487 e. The van der Waals surface area contributed by atoms with Crippen molar-refractivity contribution in [2.75, 3.05) is 32.1 Å². The fourth-order valence-electron chi connectivity index (χ4n) is 2.59. The van der Waals surface area contributed by atoms with Gasteiger partial charge in [0.1, 0.15) is 5.69 Å². The zero-order valence-electron chi connectivity index (χ0n) is 12.0. The van der Waals surface area contributed by atoms with Crippen LogP contribution in [0, 0.1) is 10.1 Å². The summed E-state index contributed by atoms with van der Waals surface area (Å²) < 4.78 is 5.34. The second-order valence-corrected chi connectivity index (χ2v) is 5.00. The second-order valence-electron chi connectivity index (χ2n) is 5.00. The number of anilines is 1. The molecule has 0 radical (unpaired) electrons. The van der Waals surface area contributed by atoms with Crippen molar-refractivity contribution >= 4 is 11.4 Å². The summed E-state index contributed by atoms with van der Waals surface area (Å²) in [7, 11) is 2.09. The van der Waals surface area contributed by atoms with Gasteiger partial charge in [0.15, 0.2) is 5.75 Å². The smallest absolute Gasteiger partial charge is 0.333 e. The molecule has 1 aromatic carbocycles. The van der Waals surface area contributed by atoms with Crippen molar-refractivity contribution in [2.45, 2.75) is 25.8 Å². The van der Waals surface area contributed by atoms with Crippen LogP contribution in [0.4, 0.5) is 11.4 Å². The first-order valence-corrected chi connectivity index (χ1v) is 6.97. The number of hydrogen-bond acceptors (Lipinski definition) is 5. The molecule has 6 nitrogen and oxygen atoms in total. The number of nitrogens with zero attached hydrogens (tertiary/aromatic N) is 2. The fraction of sp³-hybridized carbons (Fsp3) is 0.571. The predicted octanol–water partition coefficient (Wildman–Crippen LogP) is 2.50. The van der Waals surface area contributed by atoms with Crippen LogP contribution in [0.3, 0.4) is 0 Å². The summed E-state index contributed by atoms with van der Waals surface area (Å²) in [6.45, 7) is 4.04. The maximum absolute atomic E-state index is 11.3. The van der Waals surface area contributed by atoms with Crippen LogP contribution in [0.15, 0.2) is 18.2 Å². The van der Waals surface area contributed by atoms with Gasteiger partial charge in [-0.2, -0.15) is 0 Å². The minimum atomic E-state index is -0.383. The quantitative estimate of drug-likeness (QED) is 0.640. The first kappa shape index (κ1) is 14.6. The Bertz CT molecular complexity index is 479. The molecule has 110 valence electrons. The van der Waals surface area contributed by atoms with Gasteiger partial charge in [-0.05, 0) is 45.5 Å². The lowest BCUT2D eigenvalue weighted by molar-refractivity contribution is -0.384. The molecule has 1 atom stereocenters. The van der Waals surface area contributed by atoms with E-state index in [2.05, 4.69) is 17.3 Å². The molecule has 20 heavy (non-hydrogen) atoms. The number of rotatable bonds is 6. The Morgan fingerprint density at radius 1 is 1.55 bits per heavy atom. The number of nitro benzene ring substituents is 1. The van der Waals surface area contributed by atoms with E-state index in [4.69, 9.17) is 4.74 Å². The van der Waals surface area contributed by atoms with Crippen LogP contribution in [-0.4, -0.2) is 42.6 Å². The number of likely N-dealkylation sites (N-methyl/N-ethyl adjacent to an activating group) is 1. The zero-order valence-corrected chi connectivity index (χ0v) is 12.0. The standard InChI is InChI=1S/C14H21N3O3/c1-3-20-13-8-4-7-12(14(13)17(18)19)15-10-11-6-5-9-16(11)2/h4,7-8,11,15H,3,5-6,9-10H2,1-2H3. The van der Waals surface area contributed by atoms with Crippen molar-refractivity contribution in [3.05, 3.63) is 28.3 Å². The van der Waals surface area contributed by atoms with Gasteiger partial charge in [0.05, 0.1) is 11.5 Å². The summed E-state index contributed by atoms with van der Waals surface area (Å²) in [5.41, 5.74) is 0.552. The maximum Gasteiger partial charge on any atom is 0.333 e. The summed E-state index contributed by atoms with van der Waals surface area (Å²) >= 11 is 0. The lowest BCUT2D eigenvalue weighted by atomic mass is 10.2. The first-order chi connectivity index (χ1) is 9.63. The molecule has 2 rings (SSSR count). The molecule has 0 aliphatic carbocycles. The molecule has 0 amide bonds. The van der Waals surface area contributed by atoms with Crippen LogP contribution in [0.25, 0.3) is 0 Å². The molecular formula is C14H21N3O3. The third kappa shape index (κ3) is 3.19. The van der Waals surface area contributed by atoms with Gasteiger partial charge >= 0.3 is 5.69 Å². The van der Waals surface area contributed by atoms with Crippen molar-refractivity contribution in [1.29, 1.82) is 0 Å². The predicted molar refractivity (Wildman–Crippen MR) is 78.4 cm³/mol. The van der Waals surface area contributed by atoms with E-state index in [1.165, 1.54) is 6.42 Å². The molecule has 0 saturated carbocycles. The Hall–Kier alpha value is -1.82. The zero-order chi connectivity index (χ0) is 14.5. The highest BCUT2D eigenvalue weighted by Crippen LogP contribution is 2.34. The van der Waals surface area contributed by atoms with Crippen molar-refractivity contribution in [3.63, 3.8) is 0 Å². The molecule has 0 bridgehead atoms. The Balaban J connectivity index is 2.13. The van der Waals surface area contributed by atoms with Crippen LogP contribution in [0.2, 0.25) is 0 Å². The molecule has 0 aromatic heterocycles. The van der Waals surface area contributed by atoms with Crippen LogP contribution in [0.1, 0.15) is 19.8 Å². The molecule has 1 heterocycles. The highest BCUT2D eigenvalue weighted by molar-refractivity contribution is 5.68. The van der Waals surface area contributed by atoms with Crippen LogP contribution in [0.5, 0.6) is 5.75 Å². The SMILES string of the molecule is CCOc1cccc(NCC2CCCN2C)c1[N+](=O)[O-]. The van der Waals surface area contributed by atoms with Gasteiger partial charge in [-0.15, -0.1) is 0 Å². The summed E-state index contributed by atoms with van der Waals surface area (Å²) in [6, 6.07) is 5.58. The van der Waals surface area contributed by atoms with E-state index in [1.807, 2.05) is 6.92 Å². The maximum atomic E-state index is 11.3. The third-order valence-corrected chi connectivity index (χ3v) is 3.68. The molecule has 1 N–H and O–H groups in total. The van der Waals surface area contributed by atoms with Gasteiger partial charge in [0.2, 0.25) is 0 Å². The number of hydrogen-bond donors (Lipinski definition) is 1. The van der Waals surface area contributed by atoms with Gasteiger partial charge < -0.3 is 15.0 Å². The van der Waals surface area contributed by atoms with Crippen molar-refractivity contribution in [1.82, 2.24) is 4.90 Å². The molecule has 1 aromatic rings. The molecule has 1 saturated heterocycles. The molecule has 1 aliphatic heterocycles. The Labute approximate surface area is 118 Å². The second kappa shape index (κ2) is 6.56. The monoisotopic (exact) mass is 279 g/mol. The Morgan fingerprint density at radius 2 is 2.35 bits per heavy atom. The minimum absolute atomic E-state index is 0.0231. The Morgan fingerprint density at radius 3 is 2.95 bits per heavy atom. The van der Waals surface area contributed by atoms with E-state index in [9.17, 15) is 10.1 Å². The number of ether oxygens (including phenoxy) is 1. The van der Waals surface area contributed by atoms with Gasteiger partial charge in [-0.1, -0.05) is 6.07 Å². The van der Waals surface area contributed by atoms with Crippen LogP contribution >= 0.6 is 0 Å². The number of likely N-dealkylation sites (tertiary alicyclic amines) is 1. The van der Waals surface area contributed by atoms with E-state index in [-0.39, 0.29) is 10.6 Å². The van der Waals surface area contributed by atoms with Crippen molar-refractivity contribution in [3.8, 4) is 5.75 Å². The fourth-order valence-corrected chi connectivity index (χ4v) is 2.59. The molecule has 6 heteroatoms. The summed E-state index contributed by atoms with van der Waals surface area (Å²) in [5, 5.41) is 14.5. The summed E-state index contributed by atoms with van der Waals surface area (Å²) in [4.78, 5) is 13.2. The Kier molecular flexibility index (Phi) is 4.79. The van der Waals surface area contributed by atoms with E-state index < -0.39 is 0 Å². The van der Waals surface area contributed by atoms with Crippen LogP contribution < -0.4 is 10.1 Å². The third-order valence-electron chi connectivity index (χ3n) is 3.68. The lowest BCUT2D eigenvalue weighted by Gasteiger charge is -2.20. The lowest BCUT2D eigenvalue weighted by Crippen LogP contribution is -2.31. The van der Waals surface area contributed by atoms with Crippen molar-refractivity contribution in [2.24, 2.45) is 0 Å². The van der Waals surface area contributed by atoms with E-state index in [1.54, 1.807) is 18.2 Å². The highest BCUT2D eigenvalue weighted by atomic mass is 16.6. The molecular weight excluding hydrogens is 258 g/mol. The van der Waals surface area contributed by atoms with Gasteiger partial charge in [0.25, 0.3) is 0 Å². The number of para-hydroxylation sites is 1. The summed E-state index contributed by atoms with van der Waals surface area (Å²) in [6.07, 6.45) is 2.31. The van der Waals surface area contributed by atoms with Crippen molar-refractivity contribution < 1.29 is 9.66 Å².